The van der Waals surface area contributed by atoms with Crippen molar-refractivity contribution in [2.24, 2.45) is 0 Å². The average Bonchev–Trinajstić information content (AvgIpc) is 2.75. The molecule has 0 radical (unpaired) electrons. The molecule has 1 aliphatic heterocycles. The quantitative estimate of drug-likeness (QED) is 0.740. The van der Waals surface area contributed by atoms with Crippen LogP contribution in [0.2, 0.25) is 0 Å². The number of nitrogens with two attached hydrogens (primary N) is 1. The van der Waals surface area contributed by atoms with Crippen molar-refractivity contribution in [3.8, 4) is 0 Å². The van der Waals surface area contributed by atoms with Gasteiger partial charge in [-0.15, -0.1) is 0 Å². The lowest BCUT2D eigenvalue weighted by Gasteiger charge is -2.23. The van der Waals surface area contributed by atoms with E-state index in [1.807, 2.05) is 12.1 Å². The highest BCUT2D eigenvalue weighted by molar-refractivity contribution is 5.36. The van der Waals surface area contributed by atoms with Crippen LogP contribution in [0.25, 0.3) is 0 Å². The minimum absolute atomic E-state index is 0.106. The standard InChI is InChI=1S/C11H12N4O/c12-11-14-10(16-15-11)9-6-13-5-7-3-1-2-4-8(7)9/h1-4,9,13H,5-6H2,(H2,12,15). The molecule has 0 amide bonds. The summed E-state index contributed by atoms with van der Waals surface area (Å²) in [4.78, 5) is 4.09. The number of fused-ring (bicyclic) bond motifs is 1. The summed E-state index contributed by atoms with van der Waals surface area (Å²) in [6.07, 6.45) is 0. The van der Waals surface area contributed by atoms with E-state index in [4.69, 9.17) is 10.3 Å². The molecule has 2 heterocycles. The second-order valence-electron chi connectivity index (χ2n) is 3.87. The van der Waals surface area contributed by atoms with Gasteiger partial charge in [0, 0.05) is 13.1 Å². The molecule has 5 heteroatoms. The summed E-state index contributed by atoms with van der Waals surface area (Å²) in [5.41, 5.74) is 7.98. The molecule has 2 aromatic rings. The van der Waals surface area contributed by atoms with Crippen LogP contribution < -0.4 is 11.1 Å². The van der Waals surface area contributed by atoms with Gasteiger partial charge in [0.2, 0.25) is 5.89 Å². The van der Waals surface area contributed by atoms with Crippen LogP contribution in [0.1, 0.15) is 22.9 Å². The molecule has 16 heavy (non-hydrogen) atoms. The van der Waals surface area contributed by atoms with E-state index in [1.54, 1.807) is 0 Å². The number of aromatic nitrogens is 2. The second kappa shape index (κ2) is 3.61. The van der Waals surface area contributed by atoms with Gasteiger partial charge < -0.3 is 15.6 Å². The fraction of sp³-hybridized carbons (Fsp3) is 0.273. The lowest BCUT2D eigenvalue weighted by molar-refractivity contribution is 0.356. The summed E-state index contributed by atoms with van der Waals surface area (Å²) in [6.45, 7) is 1.69. The fourth-order valence-corrected chi connectivity index (χ4v) is 2.11. The molecule has 5 nitrogen and oxygen atoms in total. The topological polar surface area (TPSA) is 77.0 Å². The summed E-state index contributed by atoms with van der Waals surface area (Å²) in [5, 5.41) is 6.96. The lowest BCUT2D eigenvalue weighted by atomic mass is 9.91. The molecule has 0 spiro atoms. The first-order valence-electron chi connectivity index (χ1n) is 5.22. The molecule has 3 N–H and O–H groups in total. The van der Waals surface area contributed by atoms with Gasteiger partial charge in [-0.2, -0.15) is 4.98 Å². The molecule has 1 atom stereocenters. The van der Waals surface area contributed by atoms with Gasteiger partial charge in [0.05, 0.1) is 5.92 Å². The summed E-state index contributed by atoms with van der Waals surface area (Å²) >= 11 is 0. The number of benzene rings is 1. The number of hydrogen-bond acceptors (Lipinski definition) is 5. The van der Waals surface area contributed by atoms with Crippen LogP contribution >= 0.6 is 0 Å². The Morgan fingerprint density at radius 1 is 1.38 bits per heavy atom. The number of rotatable bonds is 1. The van der Waals surface area contributed by atoms with Crippen molar-refractivity contribution >= 4 is 5.95 Å². The Morgan fingerprint density at radius 3 is 3.06 bits per heavy atom. The zero-order valence-electron chi connectivity index (χ0n) is 8.68. The van der Waals surface area contributed by atoms with Gasteiger partial charge in [-0.3, -0.25) is 0 Å². The van der Waals surface area contributed by atoms with Crippen LogP contribution in [0, 0.1) is 0 Å². The van der Waals surface area contributed by atoms with Gasteiger partial charge >= 0.3 is 0 Å². The maximum absolute atomic E-state index is 5.47. The van der Waals surface area contributed by atoms with E-state index in [0.29, 0.717) is 5.89 Å². The number of nitrogen functional groups attached to an aromatic ring is 1. The van der Waals surface area contributed by atoms with E-state index in [1.165, 1.54) is 11.1 Å². The second-order valence-corrected chi connectivity index (χ2v) is 3.87. The van der Waals surface area contributed by atoms with E-state index in [2.05, 4.69) is 27.6 Å². The van der Waals surface area contributed by atoms with Crippen molar-refractivity contribution in [3.63, 3.8) is 0 Å². The Kier molecular flexibility index (Phi) is 2.11. The minimum atomic E-state index is 0.106. The third-order valence-corrected chi connectivity index (χ3v) is 2.85. The maximum Gasteiger partial charge on any atom is 0.260 e. The maximum atomic E-state index is 5.47. The van der Waals surface area contributed by atoms with E-state index >= 15 is 0 Å². The Balaban J connectivity index is 2.04. The van der Waals surface area contributed by atoms with Crippen LogP contribution in [0.3, 0.4) is 0 Å². The third-order valence-electron chi connectivity index (χ3n) is 2.85. The first-order valence-corrected chi connectivity index (χ1v) is 5.22. The van der Waals surface area contributed by atoms with Crippen LogP contribution in [0.15, 0.2) is 28.8 Å². The van der Waals surface area contributed by atoms with Crippen molar-refractivity contribution < 1.29 is 4.52 Å². The predicted molar refractivity (Wildman–Crippen MR) is 58.7 cm³/mol. The summed E-state index contributed by atoms with van der Waals surface area (Å²) in [5.74, 6) is 0.880. The van der Waals surface area contributed by atoms with Gasteiger partial charge in [0.15, 0.2) is 0 Å². The Hall–Kier alpha value is -1.88. The molecule has 0 aliphatic carbocycles. The third kappa shape index (κ3) is 1.45. The highest BCUT2D eigenvalue weighted by Crippen LogP contribution is 2.28. The fourth-order valence-electron chi connectivity index (χ4n) is 2.11. The number of hydrogen-bond donors (Lipinski definition) is 2. The molecule has 0 saturated heterocycles. The van der Waals surface area contributed by atoms with E-state index < -0.39 is 0 Å². The van der Waals surface area contributed by atoms with Crippen LogP contribution in [-0.4, -0.2) is 16.7 Å². The highest BCUT2D eigenvalue weighted by atomic mass is 16.5. The van der Waals surface area contributed by atoms with Crippen molar-refractivity contribution in [1.82, 2.24) is 15.5 Å². The van der Waals surface area contributed by atoms with E-state index in [9.17, 15) is 0 Å². The van der Waals surface area contributed by atoms with Crippen LogP contribution in [-0.2, 0) is 6.54 Å². The molecule has 82 valence electrons. The van der Waals surface area contributed by atoms with E-state index in [-0.39, 0.29) is 11.9 Å². The molecular weight excluding hydrogens is 204 g/mol. The molecule has 1 aliphatic rings. The van der Waals surface area contributed by atoms with Gasteiger partial charge in [0.1, 0.15) is 0 Å². The number of nitrogens with zero attached hydrogens (tertiary/aromatic N) is 2. The van der Waals surface area contributed by atoms with Crippen molar-refractivity contribution in [1.29, 1.82) is 0 Å². The lowest BCUT2D eigenvalue weighted by Crippen LogP contribution is -2.28. The Morgan fingerprint density at radius 2 is 2.25 bits per heavy atom. The monoisotopic (exact) mass is 216 g/mol. The molecule has 1 aromatic carbocycles. The van der Waals surface area contributed by atoms with Crippen LogP contribution in [0.5, 0.6) is 0 Å². The largest absolute Gasteiger partial charge is 0.365 e. The number of anilines is 1. The van der Waals surface area contributed by atoms with Gasteiger partial charge in [-0.25, -0.2) is 0 Å². The number of nitrogens with one attached hydrogen (secondary N) is 1. The SMILES string of the molecule is Nc1noc(C2CNCc3ccccc32)n1. The molecule has 3 rings (SSSR count). The Bertz CT molecular complexity index is 508. The predicted octanol–water partition coefficient (Wildman–Crippen LogP) is 0.887. The molecule has 0 bridgehead atoms. The van der Waals surface area contributed by atoms with Gasteiger partial charge in [-0.05, 0) is 16.3 Å². The zero-order chi connectivity index (χ0) is 11.0. The molecule has 1 unspecified atom stereocenters. The molecule has 0 saturated carbocycles. The molecular formula is C11H12N4O. The first kappa shape index (κ1) is 9.35. The van der Waals surface area contributed by atoms with E-state index in [0.717, 1.165) is 13.1 Å². The van der Waals surface area contributed by atoms with Crippen molar-refractivity contribution in [2.75, 3.05) is 12.3 Å². The Labute approximate surface area is 92.7 Å². The minimum Gasteiger partial charge on any atom is -0.365 e. The zero-order valence-corrected chi connectivity index (χ0v) is 8.68. The summed E-state index contributed by atoms with van der Waals surface area (Å²) in [7, 11) is 0. The highest BCUT2D eigenvalue weighted by Gasteiger charge is 2.25. The first-order chi connectivity index (χ1) is 7.84. The molecule has 0 fully saturated rings. The summed E-state index contributed by atoms with van der Waals surface area (Å²) in [6, 6.07) is 8.26. The van der Waals surface area contributed by atoms with Crippen LogP contribution in [0.4, 0.5) is 5.95 Å². The van der Waals surface area contributed by atoms with Crippen molar-refractivity contribution in [2.45, 2.75) is 12.5 Å². The smallest absolute Gasteiger partial charge is 0.260 e. The average molecular weight is 216 g/mol. The molecule has 1 aromatic heterocycles. The van der Waals surface area contributed by atoms with Crippen molar-refractivity contribution in [3.05, 3.63) is 41.3 Å². The van der Waals surface area contributed by atoms with Gasteiger partial charge in [0.25, 0.3) is 5.95 Å². The normalized spacial score (nSPS) is 19.4. The van der Waals surface area contributed by atoms with Gasteiger partial charge in [-0.1, -0.05) is 24.3 Å². The summed E-state index contributed by atoms with van der Waals surface area (Å²) < 4.78 is 5.13.